The van der Waals surface area contributed by atoms with Gasteiger partial charge in [-0.15, -0.1) is 0 Å². The zero-order valence-electron chi connectivity index (χ0n) is 29.3. The Morgan fingerprint density at radius 1 is 1.06 bits per heavy atom. The molecule has 6 rings (SSSR count). The average Bonchev–Trinajstić information content (AvgIpc) is 3.76. The number of nitrogens with one attached hydrogen (secondary N) is 1. The minimum absolute atomic E-state index is 0.0728. The van der Waals surface area contributed by atoms with Crippen LogP contribution in [0, 0.1) is 13.8 Å². The van der Waals surface area contributed by atoms with Crippen LogP contribution < -0.4 is 4.72 Å². The van der Waals surface area contributed by atoms with E-state index in [4.69, 9.17) is 14.3 Å². The summed E-state index contributed by atoms with van der Waals surface area (Å²) in [5, 5.41) is 3.87. The molecule has 2 aliphatic heterocycles. The highest BCUT2D eigenvalue weighted by molar-refractivity contribution is 7.92. The molecule has 1 aromatic heterocycles. The van der Waals surface area contributed by atoms with Crippen molar-refractivity contribution in [1.82, 2.24) is 15.0 Å². The van der Waals surface area contributed by atoms with Crippen molar-refractivity contribution in [2.45, 2.75) is 108 Å². The van der Waals surface area contributed by atoms with Crippen LogP contribution in [0.5, 0.6) is 0 Å². The van der Waals surface area contributed by atoms with Gasteiger partial charge in [0, 0.05) is 30.7 Å². The molecule has 2 fully saturated rings. The van der Waals surface area contributed by atoms with Crippen LogP contribution in [0.3, 0.4) is 0 Å². The first-order valence-electron chi connectivity index (χ1n) is 17.5. The van der Waals surface area contributed by atoms with E-state index >= 15 is 4.39 Å². The number of sulfonamides is 1. The van der Waals surface area contributed by atoms with E-state index in [1.165, 1.54) is 4.90 Å². The predicted molar refractivity (Wildman–Crippen MR) is 188 cm³/mol. The number of carbonyl (C=O) groups is 2. The molecule has 3 heterocycles. The first kappa shape index (κ1) is 35.7. The number of alkyl halides is 1. The van der Waals surface area contributed by atoms with Gasteiger partial charge in [0.05, 0.1) is 24.6 Å². The molecule has 1 aliphatic carbocycles. The molecule has 0 radical (unpaired) electrons. The van der Waals surface area contributed by atoms with Gasteiger partial charge in [-0.3, -0.25) is 24.2 Å². The number of nitrogens with zero attached hydrogens (tertiary/aromatic N) is 4. The summed E-state index contributed by atoms with van der Waals surface area (Å²) < 4.78 is 56.5. The van der Waals surface area contributed by atoms with Crippen LogP contribution >= 0.6 is 0 Å². The maximum Gasteiger partial charge on any atom is 0.263 e. The summed E-state index contributed by atoms with van der Waals surface area (Å²) in [4.78, 5) is 35.9. The van der Waals surface area contributed by atoms with Crippen molar-refractivity contribution in [2.75, 3.05) is 24.4 Å². The summed E-state index contributed by atoms with van der Waals surface area (Å²) in [6, 6.07) is 12.4. The molecular weight excluding hydrogens is 662 g/mol. The summed E-state index contributed by atoms with van der Waals surface area (Å²) in [5.41, 5.74) is 0.376. The molecule has 2 amide bonds. The summed E-state index contributed by atoms with van der Waals surface area (Å²) >= 11 is 0. The van der Waals surface area contributed by atoms with Gasteiger partial charge in [-0.05, 0) is 88.5 Å². The van der Waals surface area contributed by atoms with E-state index in [2.05, 4.69) is 9.88 Å². The number of amides is 2. The Labute approximate surface area is 293 Å². The van der Waals surface area contributed by atoms with Gasteiger partial charge < -0.3 is 14.2 Å². The second kappa shape index (κ2) is 14.3. The molecule has 0 bridgehead atoms. The van der Waals surface area contributed by atoms with E-state index in [9.17, 15) is 18.0 Å². The molecule has 268 valence electrons. The SMILES string of the molecule is CCCC1=NC2(CCCN(C(=O)C3(F)CCCC3)C2)C(=O)N1Cc1ccc(-c2ccccc2S(=O)(=O)Nc2noc(C)c2C)c(COCC)c1. The van der Waals surface area contributed by atoms with Crippen molar-refractivity contribution in [3.8, 4) is 11.1 Å². The summed E-state index contributed by atoms with van der Waals surface area (Å²) in [6.07, 6.45) is 4.28. The smallest absolute Gasteiger partial charge is 0.263 e. The molecule has 13 heteroatoms. The number of amidine groups is 1. The first-order chi connectivity index (χ1) is 23.9. The highest BCUT2D eigenvalue weighted by Crippen LogP contribution is 2.40. The number of aliphatic imine (C=N–C) groups is 1. The monoisotopic (exact) mass is 707 g/mol. The van der Waals surface area contributed by atoms with E-state index in [0.29, 0.717) is 73.5 Å². The number of benzene rings is 2. The average molecular weight is 708 g/mol. The van der Waals surface area contributed by atoms with Crippen LogP contribution in [0.1, 0.15) is 87.7 Å². The van der Waals surface area contributed by atoms with Crippen molar-refractivity contribution >= 4 is 33.5 Å². The van der Waals surface area contributed by atoms with Crippen LogP contribution in [0.15, 0.2) is 56.9 Å². The number of ether oxygens (including phenoxy) is 1. The largest absolute Gasteiger partial charge is 0.377 e. The molecule has 1 unspecified atom stereocenters. The number of anilines is 1. The molecule has 1 saturated carbocycles. The number of carbonyl (C=O) groups excluding carboxylic acids is 2. The normalized spacial score (nSPS) is 20.5. The molecule has 50 heavy (non-hydrogen) atoms. The van der Waals surface area contributed by atoms with Crippen molar-refractivity contribution in [2.24, 2.45) is 4.99 Å². The standard InChI is InChI=1S/C37H46FN5O6S/c1-5-12-32-39-37(19-11-20-42(24-37)34(44)36(38)17-9-10-18-36)35(45)43(32)22-27-15-16-29(28(21-27)23-48-6-2)30-13-7-8-14-31(30)50(46,47)41-33-25(3)26(4)49-40-33/h7-8,13-16,21H,5-6,9-12,17-20,22-24H2,1-4H3,(H,40,41). The molecule has 1 N–H and O–H groups in total. The minimum Gasteiger partial charge on any atom is -0.377 e. The molecular formula is C37H46FN5O6S. The molecule has 1 saturated heterocycles. The fourth-order valence-electron chi connectivity index (χ4n) is 7.35. The lowest BCUT2D eigenvalue weighted by molar-refractivity contribution is -0.148. The number of aryl methyl sites for hydroxylation is 1. The Kier molecular flexibility index (Phi) is 10.2. The fraction of sp³-hybridized carbons (Fsp3) is 0.514. The van der Waals surface area contributed by atoms with Crippen LogP contribution in [0.2, 0.25) is 0 Å². The van der Waals surface area contributed by atoms with Crippen molar-refractivity contribution in [1.29, 1.82) is 0 Å². The zero-order chi connectivity index (χ0) is 35.7. The van der Waals surface area contributed by atoms with Gasteiger partial charge in [-0.25, -0.2) is 12.8 Å². The van der Waals surface area contributed by atoms with E-state index in [1.807, 2.05) is 32.0 Å². The lowest BCUT2D eigenvalue weighted by Crippen LogP contribution is -2.57. The highest BCUT2D eigenvalue weighted by Gasteiger charge is 2.53. The van der Waals surface area contributed by atoms with Crippen LogP contribution in [-0.2, 0) is 37.5 Å². The number of hydrogen-bond donors (Lipinski definition) is 1. The Balaban J connectivity index is 1.29. The Morgan fingerprint density at radius 2 is 1.82 bits per heavy atom. The van der Waals surface area contributed by atoms with Gasteiger partial charge in [0.25, 0.3) is 21.8 Å². The lowest BCUT2D eigenvalue weighted by atomic mass is 9.87. The number of piperidine rings is 1. The third-order valence-corrected chi connectivity index (χ3v) is 11.5. The Hall–Kier alpha value is -4.10. The third kappa shape index (κ3) is 6.81. The van der Waals surface area contributed by atoms with Crippen molar-refractivity contribution in [3.05, 3.63) is 64.9 Å². The number of hydrogen-bond acceptors (Lipinski definition) is 8. The number of aromatic nitrogens is 1. The quantitative estimate of drug-likeness (QED) is 0.228. The molecule has 3 aromatic rings. The van der Waals surface area contributed by atoms with E-state index in [0.717, 1.165) is 17.5 Å². The second-order valence-electron chi connectivity index (χ2n) is 13.6. The lowest BCUT2D eigenvalue weighted by Gasteiger charge is -2.39. The minimum atomic E-state index is -4.06. The van der Waals surface area contributed by atoms with Crippen LogP contribution in [-0.4, -0.2) is 71.9 Å². The van der Waals surface area contributed by atoms with E-state index in [1.54, 1.807) is 43.0 Å². The summed E-state index contributed by atoms with van der Waals surface area (Å²) in [6.45, 7) is 8.78. The predicted octanol–water partition coefficient (Wildman–Crippen LogP) is 6.48. The molecule has 1 atom stereocenters. The first-order valence-corrected chi connectivity index (χ1v) is 19.0. The molecule has 3 aliphatic rings. The highest BCUT2D eigenvalue weighted by atomic mass is 32.2. The van der Waals surface area contributed by atoms with Gasteiger partial charge in [0.2, 0.25) is 0 Å². The van der Waals surface area contributed by atoms with E-state index in [-0.39, 0.29) is 49.2 Å². The fourth-order valence-corrected chi connectivity index (χ4v) is 8.63. The maximum absolute atomic E-state index is 15.5. The van der Waals surface area contributed by atoms with Gasteiger partial charge >= 0.3 is 0 Å². The number of likely N-dealkylation sites (tertiary alicyclic amines) is 1. The maximum atomic E-state index is 15.5. The molecule has 2 aromatic carbocycles. The summed E-state index contributed by atoms with van der Waals surface area (Å²) in [7, 11) is -4.06. The van der Waals surface area contributed by atoms with Gasteiger partial charge in [-0.2, -0.15) is 0 Å². The van der Waals surface area contributed by atoms with Gasteiger partial charge in [0.1, 0.15) is 11.6 Å². The van der Waals surface area contributed by atoms with Crippen LogP contribution in [0.25, 0.3) is 11.1 Å². The summed E-state index contributed by atoms with van der Waals surface area (Å²) in [5.74, 6) is 0.639. The second-order valence-corrected chi connectivity index (χ2v) is 15.3. The Bertz CT molecular complexity index is 1900. The van der Waals surface area contributed by atoms with Gasteiger partial charge in [0.15, 0.2) is 17.0 Å². The molecule has 11 nitrogen and oxygen atoms in total. The van der Waals surface area contributed by atoms with Crippen LogP contribution in [0.4, 0.5) is 10.2 Å². The van der Waals surface area contributed by atoms with Crippen molar-refractivity contribution < 1.29 is 31.7 Å². The molecule has 1 spiro atoms. The third-order valence-electron chi connectivity index (χ3n) is 10.1. The van der Waals surface area contributed by atoms with E-state index < -0.39 is 27.1 Å². The topological polar surface area (TPSA) is 134 Å². The Morgan fingerprint density at radius 3 is 2.52 bits per heavy atom. The zero-order valence-corrected chi connectivity index (χ0v) is 30.1. The van der Waals surface area contributed by atoms with Crippen molar-refractivity contribution in [3.63, 3.8) is 0 Å². The van der Waals surface area contributed by atoms with Gasteiger partial charge in [-0.1, -0.05) is 48.5 Å². The number of rotatable bonds is 12. The number of halogens is 1.